The summed E-state index contributed by atoms with van der Waals surface area (Å²) in [5, 5.41) is 6.46. The summed E-state index contributed by atoms with van der Waals surface area (Å²) in [6, 6.07) is 10.4. The van der Waals surface area contributed by atoms with E-state index in [0.717, 1.165) is 68.5 Å². The maximum absolute atomic E-state index is 12.4. The Morgan fingerprint density at radius 1 is 1.10 bits per heavy atom. The van der Waals surface area contributed by atoms with Crippen LogP contribution in [0.3, 0.4) is 0 Å². The molecule has 2 heterocycles. The molecule has 1 unspecified atom stereocenters. The average molecular weight is 555 g/mol. The number of piperidine rings is 1. The Morgan fingerprint density at radius 3 is 2.38 bits per heavy atom. The van der Waals surface area contributed by atoms with E-state index in [-0.39, 0.29) is 17.9 Å². The summed E-state index contributed by atoms with van der Waals surface area (Å²) in [7, 11) is 0. The van der Waals surface area contributed by atoms with Crippen LogP contribution < -0.4 is 20.1 Å². The fraction of sp³-hybridized carbons (Fsp3) is 0.517. The van der Waals surface area contributed by atoms with Crippen LogP contribution >= 0.6 is 0 Å². The maximum atomic E-state index is 12.4. The molecule has 1 aliphatic heterocycles. The van der Waals surface area contributed by atoms with Gasteiger partial charge in [0.25, 0.3) is 6.01 Å². The van der Waals surface area contributed by atoms with Crippen LogP contribution in [-0.4, -0.2) is 58.9 Å². The number of aromatic nitrogens is 1. The van der Waals surface area contributed by atoms with E-state index in [4.69, 9.17) is 13.9 Å². The second kappa shape index (κ2) is 12.5. The van der Waals surface area contributed by atoms with Crippen LogP contribution in [0.1, 0.15) is 51.5 Å². The monoisotopic (exact) mass is 554 g/mol. The molecule has 0 spiro atoms. The van der Waals surface area contributed by atoms with Gasteiger partial charge < -0.3 is 29.1 Å². The van der Waals surface area contributed by atoms with Crippen molar-refractivity contribution in [2.45, 2.75) is 63.4 Å². The number of likely N-dealkylation sites (tertiary alicyclic amines) is 1. The molecule has 2 N–H and O–H groups in total. The minimum atomic E-state index is -1.21. The lowest BCUT2D eigenvalue weighted by molar-refractivity contribution is -0.122. The van der Waals surface area contributed by atoms with Crippen molar-refractivity contribution < 1.29 is 23.2 Å². The lowest BCUT2D eigenvalue weighted by atomic mass is 9.85. The zero-order chi connectivity index (χ0) is 27.4. The van der Waals surface area contributed by atoms with E-state index in [2.05, 4.69) is 20.5 Å². The summed E-state index contributed by atoms with van der Waals surface area (Å²) in [6.45, 7) is 7.47. The number of nitrogens with one attached hydrogen (secondary N) is 2. The third-order valence-corrected chi connectivity index (χ3v) is 8.40. The van der Waals surface area contributed by atoms with Crippen LogP contribution in [0.5, 0.6) is 11.5 Å². The molecule has 1 aliphatic carbocycles. The smallest absolute Gasteiger partial charge is 0.295 e. The highest BCUT2D eigenvalue weighted by atomic mass is 32.2. The predicted molar refractivity (Wildman–Crippen MR) is 153 cm³/mol. The molecule has 39 heavy (non-hydrogen) atoms. The van der Waals surface area contributed by atoms with Gasteiger partial charge in [0.05, 0.1) is 13.2 Å². The van der Waals surface area contributed by atoms with E-state index >= 15 is 0 Å². The Labute approximate surface area is 232 Å². The molecule has 210 valence electrons. The van der Waals surface area contributed by atoms with Crippen molar-refractivity contribution in [1.29, 1.82) is 0 Å². The van der Waals surface area contributed by atoms with Gasteiger partial charge in [0.15, 0.2) is 17.1 Å². The van der Waals surface area contributed by atoms with Crippen molar-refractivity contribution in [3.63, 3.8) is 0 Å². The highest BCUT2D eigenvalue weighted by molar-refractivity contribution is 7.91. The van der Waals surface area contributed by atoms with Gasteiger partial charge in [0, 0.05) is 37.3 Å². The van der Waals surface area contributed by atoms with Gasteiger partial charge in [-0.25, -0.2) is 0 Å². The predicted octanol–water partition coefficient (Wildman–Crippen LogP) is 5.18. The van der Waals surface area contributed by atoms with E-state index in [1.165, 1.54) is 0 Å². The van der Waals surface area contributed by atoms with Crippen molar-refractivity contribution in [3.8, 4) is 11.5 Å². The van der Waals surface area contributed by atoms with Crippen molar-refractivity contribution >= 4 is 39.9 Å². The molecular formula is C29H38N4O5S. The first-order valence-corrected chi connectivity index (χ1v) is 15.5. The molecule has 1 aromatic heterocycles. The fourth-order valence-corrected chi connectivity index (χ4v) is 5.98. The minimum Gasteiger partial charge on any atom is -0.611 e. The van der Waals surface area contributed by atoms with Crippen LogP contribution in [0.15, 0.2) is 39.6 Å². The number of hydrogen-bond acceptors (Lipinski definition) is 8. The molecule has 1 saturated carbocycles. The van der Waals surface area contributed by atoms with Crippen LogP contribution in [0.2, 0.25) is 0 Å². The summed E-state index contributed by atoms with van der Waals surface area (Å²) in [4.78, 5) is 19.9. The summed E-state index contributed by atoms with van der Waals surface area (Å²) in [5.74, 6) is 1.50. The lowest BCUT2D eigenvalue weighted by Crippen LogP contribution is -2.38. The number of benzene rings is 2. The highest BCUT2D eigenvalue weighted by Gasteiger charge is 2.26. The Morgan fingerprint density at radius 2 is 1.79 bits per heavy atom. The maximum Gasteiger partial charge on any atom is 0.295 e. The summed E-state index contributed by atoms with van der Waals surface area (Å²) in [6.07, 6.45) is 6.64. The number of nitrogens with zero attached hydrogens (tertiary/aromatic N) is 2. The fourth-order valence-electron chi connectivity index (χ4n) is 5.18. The average Bonchev–Trinajstić information content (AvgIpc) is 3.26. The molecule has 10 heteroatoms. The van der Waals surface area contributed by atoms with Gasteiger partial charge in [-0.15, -0.1) is 0 Å². The van der Waals surface area contributed by atoms with Crippen molar-refractivity contribution in [2.24, 2.45) is 5.92 Å². The van der Waals surface area contributed by atoms with Crippen molar-refractivity contribution in [1.82, 2.24) is 9.88 Å². The van der Waals surface area contributed by atoms with Gasteiger partial charge in [0.2, 0.25) is 10.8 Å². The number of carbonyl (C=O) groups excluding carboxylic acids is 1. The first-order valence-electron chi connectivity index (χ1n) is 13.9. The normalized spacial score (nSPS) is 17.5. The molecule has 2 aliphatic rings. The second-order valence-electron chi connectivity index (χ2n) is 10.3. The number of oxazole rings is 1. The Hall–Kier alpha value is -2.95. The second-order valence-corrected chi connectivity index (χ2v) is 11.6. The Bertz CT molecular complexity index is 1260. The molecule has 0 bridgehead atoms. The molecular weight excluding hydrogens is 516 g/mol. The highest BCUT2D eigenvalue weighted by Crippen LogP contribution is 2.36. The number of hydrogen-bond donors (Lipinski definition) is 2. The molecule has 1 amide bonds. The first kappa shape index (κ1) is 27.6. The van der Waals surface area contributed by atoms with Gasteiger partial charge >= 0.3 is 0 Å². The third kappa shape index (κ3) is 6.62. The van der Waals surface area contributed by atoms with E-state index in [1.807, 2.05) is 44.2 Å². The Balaban J connectivity index is 1.18. The van der Waals surface area contributed by atoms with E-state index in [0.29, 0.717) is 41.2 Å². The zero-order valence-electron chi connectivity index (χ0n) is 23.0. The lowest BCUT2D eigenvalue weighted by Gasteiger charge is -2.32. The summed E-state index contributed by atoms with van der Waals surface area (Å²) < 4.78 is 30.0. The van der Waals surface area contributed by atoms with Gasteiger partial charge in [-0.05, 0) is 86.6 Å². The van der Waals surface area contributed by atoms with Crippen LogP contribution in [0.4, 0.5) is 11.7 Å². The van der Waals surface area contributed by atoms with Crippen molar-refractivity contribution in [2.75, 3.05) is 43.2 Å². The Kier molecular flexibility index (Phi) is 8.84. The summed E-state index contributed by atoms with van der Waals surface area (Å²) in [5.41, 5.74) is 3.27. The van der Waals surface area contributed by atoms with Gasteiger partial charge in [-0.1, -0.05) is 6.42 Å². The van der Waals surface area contributed by atoms with E-state index in [1.54, 1.807) is 6.26 Å². The number of carbonyl (C=O) groups is 1. The van der Waals surface area contributed by atoms with Gasteiger partial charge in [-0.2, -0.15) is 4.98 Å². The zero-order valence-corrected chi connectivity index (χ0v) is 23.8. The molecule has 1 atom stereocenters. The number of fused-ring (bicyclic) bond motifs is 1. The van der Waals surface area contributed by atoms with E-state index < -0.39 is 11.2 Å². The van der Waals surface area contributed by atoms with Crippen molar-refractivity contribution in [3.05, 3.63) is 35.9 Å². The molecule has 1 saturated heterocycles. The molecule has 3 aromatic rings. The molecule has 0 radical (unpaired) electrons. The topological polar surface area (TPSA) is 112 Å². The molecule has 9 nitrogen and oxygen atoms in total. The van der Waals surface area contributed by atoms with Gasteiger partial charge in [-0.3, -0.25) is 9.69 Å². The first-order chi connectivity index (χ1) is 18.9. The molecule has 5 rings (SSSR count). The number of ether oxygens (including phenoxy) is 2. The molecule has 2 fully saturated rings. The summed E-state index contributed by atoms with van der Waals surface area (Å²) >= 11 is -1.21. The van der Waals surface area contributed by atoms with E-state index in [9.17, 15) is 9.35 Å². The van der Waals surface area contributed by atoms with Crippen LogP contribution in [-0.2, 0) is 22.5 Å². The number of amides is 1. The third-order valence-electron chi connectivity index (χ3n) is 7.42. The van der Waals surface area contributed by atoms with Crippen LogP contribution in [0, 0.1) is 5.92 Å². The molecule has 2 aromatic carbocycles. The van der Waals surface area contributed by atoms with Crippen LogP contribution in [0.25, 0.3) is 11.1 Å². The number of anilines is 2. The SMILES string of the molecule is CCOc1cc(CN2CCC(Nc3nc4cc(NC(=O)C5CCC5)ccc4o3)CC2)cc(OCC)c1[S+](C)[O-]. The standard InChI is InChI=1S/C29H38N4O5S/c1-4-36-25-15-19(16-26(37-5-2)27(25)39(3)35)18-33-13-11-21(12-14-33)31-29-32-23-17-22(9-10-24(23)38-29)30-28(34)20-7-6-8-20/h9-10,15-17,20-21H,4-8,11-14,18H2,1-3H3,(H,30,34)(H,31,32). The minimum absolute atomic E-state index is 0.0914. The number of rotatable bonds is 11. The quantitative estimate of drug-likeness (QED) is 0.312. The largest absolute Gasteiger partial charge is 0.611 e. The van der Waals surface area contributed by atoms with Gasteiger partial charge in [0.1, 0.15) is 11.8 Å².